The van der Waals surface area contributed by atoms with Gasteiger partial charge >= 0.3 is 0 Å². The van der Waals surface area contributed by atoms with Gasteiger partial charge in [0.2, 0.25) is 0 Å². The number of alkyl halides is 1. The highest BCUT2D eigenvalue weighted by Gasteiger charge is 2.30. The molecular weight excluding hydrogens is 162 g/mol. The molecule has 0 aromatic heterocycles. The van der Waals surface area contributed by atoms with Crippen LogP contribution in [0.3, 0.4) is 0 Å². The number of likely N-dealkylation sites (tertiary alicyclic amines) is 1. The number of nitrogens with zero attached hydrogens (tertiary/aromatic N) is 1. The second-order valence-electron chi connectivity index (χ2n) is 3.55. The quantitative estimate of drug-likeness (QED) is 0.613. The minimum Gasteiger partial charge on any atom is -0.375 e. The number of hydrogen-bond acceptors (Lipinski definition) is 2. The Morgan fingerprint density at radius 3 is 2.18 bits per heavy atom. The topological polar surface area (TPSA) is 23.5 Å². The monoisotopic (exact) mass is 177 g/mol. The minimum atomic E-state index is -0.925. The maximum atomic E-state index is 9.41. The van der Waals surface area contributed by atoms with Gasteiger partial charge in [-0.05, 0) is 13.8 Å². The Morgan fingerprint density at radius 2 is 1.82 bits per heavy atom. The van der Waals surface area contributed by atoms with Crippen LogP contribution in [0.1, 0.15) is 26.7 Å². The van der Waals surface area contributed by atoms with Crippen molar-refractivity contribution < 1.29 is 5.11 Å². The van der Waals surface area contributed by atoms with Crippen LogP contribution in [0.5, 0.6) is 0 Å². The molecule has 0 bridgehead atoms. The number of rotatable bonds is 1. The van der Waals surface area contributed by atoms with E-state index in [0.717, 1.165) is 13.1 Å². The third kappa shape index (κ3) is 2.62. The summed E-state index contributed by atoms with van der Waals surface area (Å²) in [5, 5.41) is 8.49. The van der Waals surface area contributed by atoms with Gasteiger partial charge in [-0.1, -0.05) is 11.6 Å². The van der Waals surface area contributed by atoms with Gasteiger partial charge < -0.3 is 10.0 Å². The van der Waals surface area contributed by atoms with Crippen LogP contribution in [0.2, 0.25) is 0 Å². The summed E-state index contributed by atoms with van der Waals surface area (Å²) in [5.74, 6) is 0. The molecule has 1 fully saturated rings. The molecule has 66 valence electrons. The summed E-state index contributed by atoms with van der Waals surface area (Å²) in [5.41, 5.74) is 0. The van der Waals surface area contributed by atoms with E-state index >= 15 is 0 Å². The summed E-state index contributed by atoms with van der Waals surface area (Å²) in [4.78, 5) is 2.33. The molecule has 3 heteroatoms. The van der Waals surface area contributed by atoms with Crippen molar-refractivity contribution in [1.29, 1.82) is 0 Å². The first-order chi connectivity index (χ1) is 5.01. The van der Waals surface area contributed by atoms with Crippen LogP contribution < -0.4 is 0 Å². The van der Waals surface area contributed by atoms with Crippen molar-refractivity contribution in [3.63, 3.8) is 0 Å². The van der Waals surface area contributed by atoms with E-state index < -0.39 is 5.06 Å². The molecule has 0 saturated carbocycles. The Labute approximate surface area is 73.1 Å². The first kappa shape index (κ1) is 9.30. The molecule has 1 saturated heterocycles. The van der Waals surface area contributed by atoms with Crippen LogP contribution in [0.15, 0.2) is 0 Å². The SMILES string of the molecule is CC(C)N1CCC(O)(Cl)CC1. The van der Waals surface area contributed by atoms with Crippen molar-refractivity contribution in [2.24, 2.45) is 0 Å². The second-order valence-corrected chi connectivity index (χ2v) is 4.25. The van der Waals surface area contributed by atoms with E-state index in [2.05, 4.69) is 18.7 Å². The average Bonchev–Trinajstić information content (AvgIpc) is 1.86. The maximum Gasteiger partial charge on any atom is 0.141 e. The highest BCUT2D eigenvalue weighted by molar-refractivity contribution is 6.22. The van der Waals surface area contributed by atoms with E-state index in [4.69, 9.17) is 11.6 Å². The van der Waals surface area contributed by atoms with Crippen molar-refractivity contribution in [3.05, 3.63) is 0 Å². The standard InChI is InChI=1S/C8H16ClNO/c1-7(2)10-5-3-8(9,11)4-6-10/h7,11H,3-6H2,1-2H3. The molecule has 11 heavy (non-hydrogen) atoms. The van der Waals surface area contributed by atoms with Gasteiger partial charge in [0.15, 0.2) is 0 Å². The third-order valence-electron chi connectivity index (χ3n) is 2.29. The Bertz CT molecular complexity index is 126. The number of aliphatic hydroxyl groups is 1. The zero-order valence-corrected chi connectivity index (χ0v) is 7.93. The van der Waals surface area contributed by atoms with Gasteiger partial charge in [-0.25, -0.2) is 0 Å². The lowest BCUT2D eigenvalue weighted by Gasteiger charge is -2.36. The van der Waals surface area contributed by atoms with Crippen LogP contribution in [0, 0.1) is 0 Å². The Kier molecular flexibility index (Phi) is 2.79. The van der Waals surface area contributed by atoms with Gasteiger partial charge in [-0.3, -0.25) is 0 Å². The highest BCUT2D eigenvalue weighted by atomic mass is 35.5. The third-order valence-corrected chi connectivity index (χ3v) is 2.67. The van der Waals surface area contributed by atoms with Crippen molar-refractivity contribution in [1.82, 2.24) is 4.90 Å². The maximum absolute atomic E-state index is 9.41. The van der Waals surface area contributed by atoms with E-state index in [1.807, 2.05) is 0 Å². The predicted octanol–water partition coefficient (Wildman–Crippen LogP) is 1.42. The van der Waals surface area contributed by atoms with Crippen LogP contribution in [-0.4, -0.2) is 34.2 Å². The molecule has 2 nitrogen and oxygen atoms in total. The molecule has 1 aliphatic rings. The summed E-state index contributed by atoms with van der Waals surface area (Å²) in [6.45, 7) is 6.16. The molecule has 0 aliphatic carbocycles. The molecule has 0 atom stereocenters. The zero-order valence-electron chi connectivity index (χ0n) is 7.18. The first-order valence-electron chi connectivity index (χ1n) is 4.17. The zero-order chi connectivity index (χ0) is 8.48. The predicted molar refractivity (Wildman–Crippen MR) is 46.7 cm³/mol. The Balaban J connectivity index is 2.36. The summed E-state index contributed by atoms with van der Waals surface area (Å²) < 4.78 is 0. The molecule has 0 unspecified atom stereocenters. The smallest absolute Gasteiger partial charge is 0.141 e. The Morgan fingerprint density at radius 1 is 1.36 bits per heavy atom. The lowest BCUT2D eigenvalue weighted by Crippen LogP contribution is -2.44. The van der Waals surface area contributed by atoms with Gasteiger partial charge in [0.25, 0.3) is 0 Å². The van der Waals surface area contributed by atoms with E-state index in [9.17, 15) is 5.11 Å². The molecule has 0 aromatic carbocycles. The van der Waals surface area contributed by atoms with Crippen LogP contribution in [-0.2, 0) is 0 Å². The molecule has 0 amide bonds. The van der Waals surface area contributed by atoms with E-state index in [0.29, 0.717) is 18.9 Å². The van der Waals surface area contributed by atoms with Gasteiger partial charge in [0.1, 0.15) is 5.06 Å². The molecule has 1 heterocycles. The fraction of sp³-hybridized carbons (Fsp3) is 1.00. The Hall–Kier alpha value is 0.210. The van der Waals surface area contributed by atoms with Gasteiger partial charge in [-0.2, -0.15) is 0 Å². The average molecular weight is 178 g/mol. The van der Waals surface area contributed by atoms with Crippen molar-refractivity contribution in [2.45, 2.75) is 37.8 Å². The minimum absolute atomic E-state index is 0.572. The number of piperidine rings is 1. The van der Waals surface area contributed by atoms with Crippen LogP contribution in [0.25, 0.3) is 0 Å². The first-order valence-corrected chi connectivity index (χ1v) is 4.54. The molecule has 1 rings (SSSR count). The van der Waals surface area contributed by atoms with Gasteiger partial charge in [0, 0.05) is 32.0 Å². The molecule has 1 N–H and O–H groups in total. The lowest BCUT2D eigenvalue weighted by atomic mass is 10.1. The second kappa shape index (κ2) is 3.30. The lowest BCUT2D eigenvalue weighted by molar-refractivity contribution is 0.0371. The molecule has 0 spiro atoms. The van der Waals surface area contributed by atoms with Crippen molar-refractivity contribution in [3.8, 4) is 0 Å². The fourth-order valence-electron chi connectivity index (χ4n) is 1.38. The fourth-order valence-corrected chi connectivity index (χ4v) is 1.55. The molecule has 0 aromatic rings. The number of halogens is 1. The largest absolute Gasteiger partial charge is 0.375 e. The normalized spacial score (nSPS) is 25.9. The summed E-state index contributed by atoms with van der Waals surface area (Å²) in [6, 6.07) is 0.572. The van der Waals surface area contributed by atoms with Crippen LogP contribution >= 0.6 is 11.6 Å². The van der Waals surface area contributed by atoms with E-state index in [-0.39, 0.29) is 0 Å². The molecular formula is C8H16ClNO. The van der Waals surface area contributed by atoms with E-state index in [1.165, 1.54) is 0 Å². The number of hydrogen-bond donors (Lipinski definition) is 1. The highest BCUT2D eigenvalue weighted by Crippen LogP contribution is 2.26. The van der Waals surface area contributed by atoms with Crippen molar-refractivity contribution >= 4 is 11.6 Å². The van der Waals surface area contributed by atoms with Crippen molar-refractivity contribution in [2.75, 3.05) is 13.1 Å². The van der Waals surface area contributed by atoms with Gasteiger partial charge in [-0.15, -0.1) is 0 Å². The van der Waals surface area contributed by atoms with Crippen LogP contribution in [0.4, 0.5) is 0 Å². The summed E-state index contributed by atoms with van der Waals surface area (Å²) in [7, 11) is 0. The molecule has 1 aliphatic heterocycles. The summed E-state index contributed by atoms with van der Waals surface area (Å²) in [6.07, 6.45) is 1.37. The molecule has 0 radical (unpaired) electrons. The van der Waals surface area contributed by atoms with E-state index in [1.54, 1.807) is 0 Å². The van der Waals surface area contributed by atoms with Gasteiger partial charge in [0.05, 0.1) is 0 Å². The summed E-state index contributed by atoms with van der Waals surface area (Å²) >= 11 is 5.77.